The maximum absolute atomic E-state index is 12.1. The Balaban J connectivity index is 1.48. The summed E-state index contributed by atoms with van der Waals surface area (Å²) in [5, 5.41) is 20.6. The van der Waals surface area contributed by atoms with E-state index in [1.807, 2.05) is 6.08 Å². The number of allylic oxidation sites excluding steroid dienone is 1. The number of carbonyl (C=O) groups is 2. The maximum atomic E-state index is 12.1. The molecule has 0 spiro atoms. The molecular formula is C23H32O4. The minimum absolute atomic E-state index is 0.0612. The van der Waals surface area contributed by atoms with E-state index < -0.39 is 11.6 Å². The van der Waals surface area contributed by atoms with Crippen LogP contribution in [0.1, 0.15) is 71.6 Å². The van der Waals surface area contributed by atoms with Crippen molar-refractivity contribution in [3.05, 3.63) is 11.6 Å². The first-order valence-electron chi connectivity index (χ1n) is 10.9. The lowest BCUT2D eigenvalue weighted by atomic mass is 9.46. The van der Waals surface area contributed by atoms with E-state index in [1.165, 1.54) is 12.0 Å². The molecule has 5 rings (SSSR count). The Labute approximate surface area is 161 Å². The van der Waals surface area contributed by atoms with Crippen molar-refractivity contribution in [3.8, 4) is 0 Å². The van der Waals surface area contributed by atoms with Crippen molar-refractivity contribution in [2.24, 2.45) is 40.4 Å². The molecule has 5 aliphatic rings. The van der Waals surface area contributed by atoms with Crippen LogP contribution in [-0.4, -0.2) is 27.6 Å². The first-order chi connectivity index (χ1) is 12.7. The summed E-state index contributed by atoms with van der Waals surface area (Å²) < 4.78 is 0. The Morgan fingerprint density at radius 2 is 1.93 bits per heavy atom. The largest absolute Gasteiger partial charge is 0.481 e. The van der Waals surface area contributed by atoms with E-state index >= 15 is 0 Å². The summed E-state index contributed by atoms with van der Waals surface area (Å²) in [7, 11) is 0. The van der Waals surface area contributed by atoms with E-state index in [0.29, 0.717) is 48.2 Å². The van der Waals surface area contributed by atoms with Crippen LogP contribution in [0.2, 0.25) is 0 Å². The number of carboxylic acids is 1. The second kappa shape index (κ2) is 5.46. The fourth-order valence-electron chi connectivity index (χ4n) is 8.24. The Morgan fingerprint density at radius 3 is 2.67 bits per heavy atom. The van der Waals surface area contributed by atoms with Gasteiger partial charge in [-0.25, -0.2) is 0 Å². The van der Waals surface area contributed by atoms with Crippen LogP contribution in [0, 0.1) is 40.4 Å². The fraction of sp³-hybridized carbons (Fsp3) is 0.826. The number of rotatable bonds is 3. The highest BCUT2D eigenvalue weighted by Gasteiger charge is 2.69. The Bertz CT molecular complexity index is 741. The van der Waals surface area contributed by atoms with Gasteiger partial charge >= 0.3 is 5.97 Å². The number of ketones is 1. The molecule has 148 valence electrons. The average Bonchev–Trinajstić information content (AvgIpc) is 3.35. The average molecular weight is 373 g/mol. The van der Waals surface area contributed by atoms with Crippen LogP contribution >= 0.6 is 0 Å². The van der Waals surface area contributed by atoms with Gasteiger partial charge in [0, 0.05) is 12.8 Å². The zero-order chi connectivity index (χ0) is 19.2. The lowest BCUT2D eigenvalue weighted by molar-refractivity contribution is -0.148. The third-order valence-electron chi connectivity index (χ3n) is 9.83. The highest BCUT2D eigenvalue weighted by atomic mass is 16.4. The van der Waals surface area contributed by atoms with Crippen molar-refractivity contribution >= 4 is 11.8 Å². The summed E-state index contributed by atoms with van der Waals surface area (Å²) in [4.78, 5) is 23.2. The van der Waals surface area contributed by atoms with Crippen LogP contribution in [0.25, 0.3) is 0 Å². The minimum atomic E-state index is -0.828. The molecule has 0 aromatic rings. The van der Waals surface area contributed by atoms with E-state index in [9.17, 15) is 14.7 Å². The first-order valence-corrected chi connectivity index (χ1v) is 10.9. The molecule has 2 N–H and O–H groups in total. The lowest BCUT2D eigenvalue weighted by Crippen LogP contribution is -2.55. The number of hydrogen-bond acceptors (Lipinski definition) is 3. The molecule has 0 heterocycles. The number of hydrogen-bond donors (Lipinski definition) is 2. The SMILES string of the molecule is C[C@]12CCC(=O)C=C1[C@H]1C[C@H]1[C@@H]1[C@@H]2CC[C@@]2(C)[C@H]1CC[C@@]2(O)CCC(=O)O. The summed E-state index contributed by atoms with van der Waals surface area (Å²) >= 11 is 0. The number of fused-ring (bicyclic) bond motifs is 8. The molecule has 0 amide bonds. The van der Waals surface area contributed by atoms with Gasteiger partial charge in [0.05, 0.1) is 5.60 Å². The Hall–Kier alpha value is -1.16. The second-order valence-electron chi connectivity index (χ2n) is 10.7. The fourth-order valence-corrected chi connectivity index (χ4v) is 8.24. The van der Waals surface area contributed by atoms with Crippen LogP contribution < -0.4 is 0 Å². The van der Waals surface area contributed by atoms with Crippen LogP contribution in [-0.2, 0) is 9.59 Å². The standard InChI is InChI=1S/C23H32O4/c1-21-7-3-13(24)11-18(21)14-12-15(14)20-16(21)4-8-22(2)17(20)5-9-23(22,27)10-6-19(25)26/h11,14-17,20,27H,3-10,12H2,1-2H3,(H,25,26)/t14-,15+,16-,17-,20+,21+,22-,23+/m0/s1. The Kier molecular flexibility index (Phi) is 3.62. The van der Waals surface area contributed by atoms with E-state index in [1.54, 1.807) is 0 Å². The monoisotopic (exact) mass is 372 g/mol. The molecule has 5 aliphatic carbocycles. The molecule has 0 bridgehead atoms. The summed E-state index contributed by atoms with van der Waals surface area (Å²) in [5.41, 5.74) is 0.635. The molecule has 4 fully saturated rings. The van der Waals surface area contributed by atoms with E-state index in [4.69, 9.17) is 5.11 Å². The molecule has 0 aromatic carbocycles. The molecule has 4 saturated carbocycles. The van der Waals surface area contributed by atoms with Crippen LogP contribution in [0.15, 0.2) is 11.6 Å². The molecule has 4 nitrogen and oxygen atoms in total. The second-order valence-corrected chi connectivity index (χ2v) is 10.7. The van der Waals surface area contributed by atoms with Gasteiger partial charge in [0.25, 0.3) is 0 Å². The summed E-state index contributed by atoms with van der Waals surface area (Å²) in [6, 6.07) is 0. The van der Waals surface area contributed by atoms with Crippen molar-refractivity contribution in [3.63, 3.8) is 0 Å². The van der Waals surface area contributed by atoms with Gasteiger partial charge in [-0.2, -0.15) is 0 Å². The van der Waals surface area contributed by atoms with E-state index in [-0.39, 0.29) is 17.3 Å². The van der Waals surface area contributed by atoms with Gasteiger partial charge in [-0.3, -0.25) is 9.59 Å². The van der Waals surface area contributed by atoms with Crippen LogP contribution in [0.4, 0.5) is 0 Å². The predicted molar refractivity (Wildman–Crippen MR) is 101 cm³/mol. The zero-order valence-electron chi connectivity index (χ0n) is 16.5. The van der Waals surface area contributed by atoms with Gasteiger partial charge in [-0.05, 0) is 91.4 Å². The van der Waals surface area contributed by atoms with Gasteiger partial charge in [0.2, 0.25) is 0 Å². The number of carboxylic acid groups (broad SMARTS) is 1. The lowest BCUT2D eigenvalue weighted by Gasteiger charge is -2.59. The maximum Gasteiger partial charge on any atom is 0.303 e. The van der Waals surface area contributed by atoms with Gasteiger partial charge in [0.15, 0.2) is 5.78 Å². The molecule has 0 unspecified atom stereocenters. The third kappa shape index (κ3) is 2.25. The number of carbonyl (C=O) groups excluding carboxylic acids is 1. The third-order valence-corrected chi connectivity index (χ3v) is 9.83. The normalized spacial score (nSPS) is 52.9. The molecule has 4 heteroatoms. The first kappa shape index (κ1) is 17.9. The molecule has 0 aliphatic heterocycles. The zero-order valence-corrected chi connectivity index (χ0v) is 16.5. The topological polar surface area (TPSA) is 74.6 Å². The molecule has 8 atom stereocenters. The van der Waals surface area contributed by atoms with Crippen LogP contribution in [0.5, 0.6) is 0 Å². The molecule has 0 saturated heterocycles. The van der Waals surface area contributed by atoms with Crippen LogP contribution in [0.3, 0.4) is 0 Å². The Morgan fingerprint density at radius 1 is 1.19 bits per heavy atom. The molecular weight excluding hydrogens is 340 g/mol. The van der Waals surface area contributed by atoms with E-state index in [2.05, 4.69) is 13.8 Å². The highest BCUT2D eigenvalue weighted by Crippen LogP contribution is 2.75. The molecule has 0 aromatic heterocycles. The number of aliphatic hydroxyl groups is 1. The van der Waals surface area contributed by atoms with Crippen molar-refractivity contribution in [2.75, 3.05) is 0 Å². The highest BCUT2D eigenvalue weighted by molar-refractivity contribution is 5.92. The van der Waals surface area contributed by atoms with E-state index in [0.717, 1.165) is 32.1 Å². The van der Waals surface area contributed by atoms with Gasteiger partial charge in [-0.15, -0.1) is 0 Å². The smallest absolute Gasteiger partial charge is 0.303 e. The predicted octanol–water partition coefficient (Wildman–Crippen LogP) is 3.97. The van der Waals surface area contributed by atoms with Gasteiger partial charge in [-0.1, -0.05) is 19.4 Å². The van der Waals surface area contributed by atoms with Gasteiger partial charge < -0.3 is 10.2 Å². The van der Waals surface area contributed by atoms with Gasteiger partial charge in [0.1, 0.15) is 0 Å². The molecule has 0 radical (unpaired) electrons. The number of aliphatic carboxylic acids is 1. The molecule has 27 heavy (non-hydrogen) atoms. The van der Waals surface area contributed by atoms with Crippen molar-refractivity contribution in [2.45, 2.75) is 77.2 Å². The van der Waals surface area contributed by atoms with Crippen molar-refractivity contribution in [1.29, 1.82) is 0 Å². The summed E-state index contributed by atoms with van der Waals surface area (Å²) in [5.74, 6) is 2.56. The summed E-state index contributed by atoms with van der Waals surface area (Å²) in [6.45, 7) is 4.66. The minimum Gasteiger partial charge on any atom is -0.481 e. The van der Waals surface area contributed by atoms with Crippen molar-refractivity contribution < 1.29 is 19.8 Å². The summed E-state index contributed by atoms with van der Waals surface area (Å²) in [6.07, 6.45) is 9.22. The van der Waals surface area contributed by atoms with Crippen molar-refractivity contribution in [1.82, 2.24) is 0 Å². The quantitative estimate of drug-likeness (QED) is 0.786.